The van der Waals surface area contributed by atoms with Crippen LogP contribution in [0.15, 0.2) is 86.6 Å². The molecule has 0 spiro atoms. The summed E-state index contributed by atoms with van der Waals surface area (Å²) in [6.45, 7) is 0. The number of nitrogens with zero attached hydrogens (tertiary/aromatic N) is 3. The lowest BCUT2D eigenvalue weighted by Gasteiger charge is -2.17. The van der Waals surface area contributed by atoms with Crippen LogP contribution in [0.25, 0.3) is 0 Å². The molecule has 0 bridgehead atoms. The van der Waals surface area contributed by atoms with Gasteiger partial charge in [-0.2, -0.15) is 0 Å². The molecule has 2 heterocycles. The number of methoxy groups -OCH3 is 1. The van der Waals surface area contributed by atoms with Crippen molar-refractivity contribution in [2.45, 2.75) is 4.90 Å². The average Bonchev–Trinajstić information content (AvgIpc) is 3.30. The standard InChI is InChI=1S/C24H19N3O4S2/c1-26-19-13-18(31-2)10-11-20(19)32-23(26)21-22(30)27(15-6-8-16(28)9-7-15)24(33-21)25-14-4-3-5-17(29)12-14/h3-13,28-29H,1-2H3/b23-21-,25-24?. The summed E-state index contributed by atoms with van der Waals surface area (Å²) in [4.78, 5) is 23.4. The second kappa shape index (κ2) is 8.42. The van der Waals surface area contributed by atoms with E-state index in [-0.39, 0.29) is 17.4 Å². The first kappa shape index (κ1) is 21.3. The van der Waals surface area contributed by atoms with E-state index in [0.717, 1.165) is 21.4 Å². The minimum atomic E-state index is -0.210. The maximum Gasteiger partial charge on any atom is 0.274 e. The Morgan fingerprint density at radius 3 is 2.45 bits per heavy atom. The number of amides is 1. The average molecular weight is 478 g/mol. The van der Waals surface area contributed by atoms with E-state index in [9.17, 15) is 15.0 Å². The van der Waals surface area contributed by atoms with Crippen molar-refractivity contribution in [1.82, 2.24) is 0 Å². The molecule has 166 valence electrons. The van der Waals surface area contributed by atoms with Crippen molar-refractivity contribution in [3.8, 4) is 17.2 Å². The number of phenols is 2. The first-order valence-corrected chi connectivity index (χ1v) is 11.6. The Hall–Kier alpha value is -3.56. The van der Waals surface area contributed by atoms with Crippen molar-refractivity contribution in [1.29, 1.82) is 0 Å². The van der Waals surface area contributed by atoms with Crippen molar-refractivity contribution in [2.75, 3.05) is 24.0 Å². The Bertz CT molecular complexity index is 1320. The summed E-state index contributed by atoms with van der Waals surface area (Å²) in [5.74, 6) is 0.739. The number of ether oxygens (including phenoxy) is 1. The van der Waals surface area contributed by atoms with Gasteiger partial charge in [-0.05, 0) is 60.3 Å². The van der Waals surface area contributed by atoms with Crippen LogP contribution >= 0.6 is 23.5 Å². The normalized spacial score (nSPS) is 18.8. The molecule has 0 unspecified atom stereocenters. The number of aromatic hydroxyl groups is 2. The highest BCUT2D eigenvalue weighted by atomic mass is 32.2. The molecule has 0 aromatic heterocycles. The van der Waals surface area contributed by atoms with Gasteiger partial charge in [0.15, 0.2) is 5.17 Å². The fourth-order valence-electron chi connectivity index (χ4n) is 3.53. The van der Waals surface area contributed by atoms with Crippen LogP contribution in [0.5, 0.6) is 17.2 Å². The van der Waals surface area contributed by atoms with Gasteiger partial charge in [-0.3, -0.25) is 9.69 Å². The van der Waals surface area contributed by atoms with Crippen LogP contribution in [0.1, 0.15) is 0 Å². The van der Waals surface area contributed by atoms with E-state index < -0.39 is 0 Å². The number of carbonyl (C=O) groups is 1. The molecule has 9 heteroatoms. The van der Waals surface area contributed by atoms with Crippen LogP contribution < -0.4 is 14.5 Å². The van der Waals surface area contributed by atoms with E-state index in [1.54, 1.807) is 37.4 Å². The summed E-state index contributed by atoms with van der Waals surface area (Å²) >= 11 is 2.80. The lowest BCUT2D eigenvalue weighted by Crippen LogP contribution is -2.29. The summed E-state index contributed by atoms with van der Waals surface area (Å²) in [6.07, 6.45) is 0. The molecular weight excluding hydrogens is 458 g/mol. The fraction of sp³-hybridized carbons (Fsp3) is 0.0833. The summed E-state index contributed by atoms with van der Waals surface area (Å²) in [6, 6.07) is 18.8. The third-order valence-electron chi connectivity index (χ3n) is 5.18. The zero-order valence-corrected chi connectivity index (χ0v) is 19.4. The van der Waals surface area contributed by atoms with Gasteiger partial charge in [0.25, 0.3) is 5.91 Å². The molecule has 7 nitrogen and oxygen atoms in total. The summed E-state index contributed by atoms with van der Waals surface area (Å²) in [5, 5.41) is 20.8. The molecular formula is C24H19N3O4S2. The predicted octanol–water partition coefficient (Wildman–Crippen LogP) is 5.29. The molecule has 0 saturated carbocycles. The molecule has 2 aliphatic rings. The van der Waals surface area contributed by atoms with Crippen molar-refractivity contribution in [2.24, 2.45) is 4.99 Å². The first-order chi connectivity index (χ1) is 15.9. The lowest BCUT2D eigenvalue weighted by atomic mass is 10.2. The first-order valence-electron chi connectivity index (χ1n) is 9.97. The zero-order chi connectivity index (χ0) is 23.1. The quantitative estimate of drug-likeness (QED) is 0.496. The maximum absolute atomic E-state index is 13.7. The van der Waals surface area contributed by atoms with Crippen molar-refractivity contribution in [3.05, 3.63) is 76.7 Å². The van der Waals surface area contributed by atoms with Gasteiger partial charge in [-0.15, -0.1) is 0 Å². The second-order valence-electron chi connectivity index (χ2n) is 7.30. The van der Waals surface area contributed by atoms with E-state index in [2.05, 4.69) is 4.99 Å². The van der Waals surface area contributed by atoms with Crippen molar-refractivity contribution >= 4 is 51.7 Å². The lowest BCUT2D eigenvalue weighted by molar-refractivity contribution is -0.113. The largest absolute Gasteiger partial charge is 0.508 e. The number of thioether (sulfide) groups is 2. The molecule has 2 aliphatic heterocycles. The highest BCUT2D eigenvalue weighted by Crippen LogP contribution is 2.51. The number of fused-ring (bicyclic) bond motifs is 1. The summed E-state index contributed by atoms with van der Waals surface area (Å²) < 4.78 is 5.35. The molecule has 3 aromatic rings. The number of rotatable bonds is 3. The van der Waals surface area contributed by atoms with Crippen LogP contribution in [0.2, 0.25) is 0 Å². The number of amidine groups is 1. The number of hydrogen-bond donors (Lipinski definition) is 2. The molecule has 1 fully saturated rings. The Balaban J connectivity index is 1.60. The minimum Gasteiger partial charge on any atom is -0.508 e. The molecule has 0 radical (unpaired) electrons. The minimum absolute atomic E-state index is 0.0939. The highest BCUT2D eigenvalue weighted by Gasteiger charge is 2.40. The maximum atomic E-state index is 13.7. The van der Waals surface area contributed by atoms with Crippen molar-refractivity contribution in [3.63, 3.8) is 0 Å². The Labute approximate surface area is 199 Å². The molecule has 1 saturated heterocycles. The number of carbonyl (C=O) groups excluding carboxylic acids is 1. The molecule has 5 rings (SSSR count). The van der Waals surface area contributed by atoms with E-state index >= 15 is 0 Å². The SMILES string of the molecule is COc1ccc2c(c1)N(C)/C(=C1/SC(=Nc3cccc(O)c3)N(c3ccc(O)cc3)C1=O)S2. The van der Waals surface area contributed by atoms with Gasteiger partial charge < -0.3 is 19.8 Å². The Kier molecular flexibility index (Phi) is 5.43. The monoisotopic (exact) mass is 477 g/mol. The van der Waals surface area contributed by atoms with Crippen LogP contribution in [0.4, 0.5) is 17.1 Å². The van der Waals surface area contributed by atoms with Crippen LogP contribution in [0, 0.1) is 0 Å². The Morgan fingerprint density at radius 2 is 1.73 bits per heavy atom. The third kappa shape index (κ3) is 3.90. The molecule has 2 N–H and O–H groups in total. The fourth-order valence-corrected chi connectivity index (χ4v) is 5.86. The zero-order valence-electron chi connectivity index (χ0n) is 17.7. The van der Waals surface area contributed by atoms with Gasteiger partial charge in [0.2, 0.25) is 0 Å². The molecule has 1 amide bonds. The van der Waals surface area contributed by atoms with Crippen molar-refractivity contribution < 1.29 is 19.7 Å². The molecule has 33 heavy (non-hydrogen) atoms. The molecule has 0 atom stereocenters. The van der Waals surface area contributed by atoms with Crippen LogP contribution in [-0.4, -0.2) is 35.4 Å². The number of phenolic OH excluding ortho intramolecular Hbond substituents is 2. The smallest absolute Gasteiger partial charge is 0.274 e. The van der Waals surface area contributed by atoms with Gasteiger partial charge in [0.1, 0.15) is 22.2 Å². The van der Waals surface area contributed by atoms with E-state index in [4.69, 9.17) is 4.74 Å². The molecule has 0 aliphatic carbocycles. The number of hydrogen-bond acceptors (Lipinski definition) is 8. The van der Waals surface area contributed by atoms with Gasteiger partial charge in [0, 0.05) is 24.1 Å². The predicted molar refractivity (Wildman–Crippen MR) is 133 cm³/mol. The number of anilines is 2. The summed E-state index contributed by atoms with van der Waals surface area (Å²) in [5.41, 5.74) is 2.08. The van der Waals surface area contributed by atoms with Crippen LogP contribution in [-0.2, 0) is 4.79 Å². The van der Waals surface area contributed by atoms with E-state index in [0.29, 0.717) is 21.4 Å². The van der Waals surface area contributed by atoms with Gasteiger partial charge in [-0.25, -0.2) is 4.99 Å². The number of benzene rings is 3. The van der Waals surface area contributed by atoms with Crippen LogP contribution in [0.3, 0.4) is 0 Å². The van der Waals surface area contributed by atoms with Gasteiger partial charge in [-0.1, -0.05) is 17.8 Å². The van der Waals surface area contributed by atoms with Gasteiger partial charge >= 0.3 is 0 Å². The van der Waals surface area contributed by atoms with E-state index in [1.165, 1.54) is 46.6 Å². The topological polar surface area (TPSA) is 85.6 Å². The highest BCUT2D eigenvalue weighted by molar-refractivity contribution is 8.20. The third-order valence-corrected chi connectivity index (χ3v) is 7.57. The number of aliphatic imine (C=N–C) groups is 1. The molecule has 3 aromatic carbocycles. The Morgan fingerprint density at radius 1 is 0.939 bits per heavy atom. The van der Waals surface area contributed by atoms with Gasteiger partial charge in [0.05, 0.1) is 29.2 Å². The second-order valence-corrected chi connectivity index (χ2v) is 9.31. The van der Waals surface area contributed by atoms with E-state index in [1.807, 2.05) is 30.1 Å². The summed E-state index contributed by atoms with van der Waals surface area (Å²) in [7, 11) is 3.54.